The monoisotopic (exact) mass is 263 g/mol. The number of aryl methyl sites for hydroxylation is 1. The molecule has 19 heavy (non-hydrogen) atoms. The molecule has 0 aromatic carbocycles. The molecule has 0 unspecified atom stereocenters. The van der Waals surface area contributed by atoms with E-state index in [1.165, 1.54) is 0 Å². The van der Waals surface area contributed by atoms with Crippen molar-refractivity contribution in [2.75, 3.05) is 0 Å². The van der Waals surface area contributed by atoms with Crippen LogP contribution in [-0.4, -0.2) is 35.9 Å². The van der Waals surface area contributed by atoms with Gasteiger partial charge in [0.25, 0.3) is 0 Å². The van der Waals surface area contributed by atoms with Gasteiger partial charge in [-0.15, -0.1) is 5.10 Å². The summed E-state index contributed by atoms with van der Waals surface area (Å²) in [7, 11) is 1.79. The van der Waals surface area contributed by atoms with E-state index in [2.05, 4.69) is 15.4 Å². The van der Waals surface area contributed by atoms with E-state index in [0.717, 1.165) is 18.4 Å². The van der Waals surface area contributed by atoms with E-state index in [9.17, 15) is 9.90 Å². The minimum absolute atomic E-state index is 0.0279. The third-order valence-corrected chi connectivity index (χ3v) is 3.16. The molecule has 0 aliphatic rings. The van der Waals surface area contributed by atoms with Gasteiger partial charge in [-0.25, -0.2) is 9.48 Å². The lowest BCUT2D eigenvalue weighted by Gasteiger charge is -2.14. The molecule has 0 aliphatic carbocycles. The molecular formula is C12H17N5O2. The van der Waals surface area contributed by atoms with E-state index in [-0.39, 0.29) is 11.7 Å². The molecule has 0 fully saturated rings. The Balaban J connectivity index is 2.60. The Morgan fingerprint density at radius 3 is 2.58 bits per heavy atom. The summed E-state index contributed by atoms with van der Waals surface area (Å²) in [5.74, 6) is -1.07. The third-order valence-electron chi connectivity index (χ3n) is 3.16. The smallest absolute Gasteiger partial charge is 0.358 e. The third kappa shape index (κ3) is 2.35. The van der Waals surface area contributed by atoms with E-state index in [1.807, 2.05) is 13.8 Å². The van der Waals surface area contributed by atoms with Crippen molar-refractivity contribution in [1.29, 1.82) is 0 Å². The molecule has 102 valence electrons. The molecule has 7 nitrogen and oxygen atoms in total. The molecule has 0 saturated carbocycles. The minimum atomic E-state index is -1.07. The van der Waals surface area contributed by atoms with Crippen LogP contribution in [0.5, 0.6) is 0 Å². The number of carbonyl (C=O) groups is 1. The minimum Gasteiger partial charge on any atom is -0.476 e. The van der Waals surface area contributed by atoms with Crippen molar-refractivity contribution in [1.82, 2.24) is 24.8 Å². The van der Waals surface area contributed by atoms with Crippen LogP contribution in [0.25, 0.3) is 11.3 Å². The Morgan fingerprint density at radius 1 is 1.42 bits per heavy atom. The van der Waals surface area contributed by atoms with Crippen molar-refractivity contribution in [3.8, 4) is 11.3 Å². The number of nitrogens with zero attached hydrogens (tertiary/aromatic N) is 5. The summed E-state index contributed by atoms with van der Waals surface area (Å²) < 4.78 is 3.33. The van der Waals surface area contributed by atoms with Gasteiger partial charge >= 0.3 is 5.97 Å². The normalized spacial score (nSPS) is 11.2. The highest BCUT2D eigenvalue weighted by Gasteiger charge is 2.24. The summed E-state index contributed by atoms with van der Waals surface area (Å²) in [6.07, 6.45) is 5.13. The number of carboxylic acids is 1. The summed E-state index contributed by atoms with van der Waals surface area (Å²) >= 11 is 0. The van der Waals surface area contributed by atoms with Gasteiger partial charge in [0.1, 0.15) is 5.69 Å². The maximum Gasteiger partial charge on any atom is 0.358 e. The number of aromatic nitrogens is 5. The van der Waals surface area contributed by atoms with E-state index in [4.69, 9.17) is 0 Å². The summed E-state index contributed by atoms with van der Waals surface area (Å²) in [6, 6.07) is 0.135. The first kappa shape index (κ1) is 13.3. The fourth-order valence-electron chi connectivity index (χ4n) is 2.14. The van der Waals surface area contributed by atoms with Crippen molar-refractivity contribution in [3.05, 3.63) is 18.1 Å². The predicted molar refractivity (Wildman–Crippen MR) is 68.8 cm³/mol. The van der Waals surface area contributed by atoms with Crippen molar-refractivity contribution < 1.29 is 9.90 Å². The second-order valence-corrected chi connectivity index (χ2v) is 4.41. The lowest BCUT2D eigenvalue weighted by Crippen LogP contribution is -2.11. The molecule has 0 atom stereocenters. The van der Waals surface area contributed by atoms with Crippen molar-refractivity contribution in [3.63, 3.8) is 0 Å². The van der Waals surface area contributed by atoms with Gasteiger partial charge in [0.15, 0.2) is 5.69 Å². The first-order chi connectivity index (χ1) is 9.08. The lowest BCUT2D eigenvalue weighted by molar-refractivity contribution is 0.0691. The van der Waals surface area contributed by atoms with Gasteiger partial charge in [0.05, 0.1) is 12.2 Å². The largest absolute Gasteiger partial charge is 0.476 e. The molecule has 2 rings (SSSR count). The van der Waals surface area contributed by atoms with Gasteiger partial charge in [0, 0.05) is 18.8 Å². The van der Waals surface area contributed by atoms with Crippen LogP contribution in [0, 0.1) is 0 Å². The molecule has 0 aliphatic heterocycles. The zero-order valence-corrected chi connectivity index (χ0v) is 11.2. The molecule has 1 N–H and O–H groups in total. The molecule has 0 amide bonds. The maximum atomic E-state index is 11.3. The zero-order valence-electron chi connectivity index (χ0n) is 11.2. The maximum absolute atomic E-state index is 11.3. The van der Waals surface area contributed by atoms with Gasteiger partial charge in [0.2, 0.25) is 0 Å². The highest BCUT2D eigenvalue weighted by Crippen LogP contribution is 2.27. The van der Waals surface area contributed by atoms with Crippen molar-refractivity contribution in [2.45, 2.75) is 32.7 Å². The molecule has 0 saturated heterocycles. The molecule has 2 aromatic rings. The molecule has 2 heterocycles. The number of hydrogen-bond donors (Lipinski definition) is 1. The molecule has 0 radical (unpaired) electrons. The summed E-state index contributed by atoms with van der Waals surface area (Å²) in [5.41, 5.74) is 1.21. The fraction of sp³-hybridized carbons (Fsp3) is 0.500. The average molecular weight is 263 g/mol. The Kier molecular flexibility index (Phi) is 3.64. The standard InChI is InChI=1S/C12H17N5O2/c1-4-9(5-2)17-11(8-6-13-16(3)7-8)10(12(18)19)14-15-17/h6-7,9H,4-5H2,1-3H3,(H,18,19). The predicted octanol–water partition coefficient (Wildman–Crippen LogP) is 1.74. The van der Waals surface area contributed by atoms with Crippen LogP contribution in [0.2, 0.25) is 0 Å². The van der Waals surface area contributed by atoms with E-state index >= 15 is 0 Å². The highest BCUT2D eigenvalue weighted by molar-refractivity contribution is 5.92. The van der Waals surface area contributed by atoms with Gasteiger partial charge in [-0.2, -0.15) is 5.10 Å². The molecule has 7 heteroatoms. The first-order valence-electron chi connectivity index (χ1n) is 6.25. The fourth-order valence-corrected chi connectivity index (χ4v) is 2.14. The SMILES string of the molecule is CCC(CC)n1nnc(C(=O)O)c1-c1cnn(C)c1. The lowest BCUT2D eigenvalue weighted by atomic mass is 10.1. The highest BCUT2D eigenvalue weighted by atomic mass is 16.4. The summed E-state index contributed by atoms with van der Waals surface area (Å²) in [5, 5.41) is 21.1. The van der Waals surface area contributed by atoms with E-state index in [1.54, 1.807) is 28.8 Å². The molecule has 2 aromatic heterocycles. The zero-order chi connectivity index (χ0) is 14.0. The first-order valence-corrected chi connectivity index (χ1v) is 6.25. The van der Waals surface area contributed by atoms with E-state index < -0.39 is 5.97 Å². The van der Waals surface area contributed by atoms with Crippen LogP contribution in [-0.2, 0) is 7.05 Å². The second-order valence-electron chi connectivity index (χ2n) is 4.41. The molecular weight excluding hydrogens is 246 g/mol. The van der Waals surface area contributed by atoms with Crippen LogP contribution >= 0.6 is 0 Å². The van der Waals surface area contributed by atoms with Crippen LogP contribution in [0.3, 0.4) is 0 Å². The van der Waals surface area contributed by atoms with Crippen LogP contribution in [0.15, 0.2) is 12.4 Å². The van der Waals surface area contributed by atoms with Crippen LogP contribution in [0.1, 0.15) is 43.2 Å². The van der Waals surface area contributed by atoms with Crippen molar-refractivity contribution in [2.24, 2.45) is 7.05 Å². The molecule has 0 spiro atoms. The number of rotatable bonds is 5. The second kappa shape index (κ2) is 5.21. The summed E-state index contributed by atoms with van der Waals surface area (Å²) in [4.78, 5) is 11.3. The van der Waals surface area contributed by atoms with Crippen LogP contribution < -0.4 is 0 Å². The van der Waals surface area contributed by atoms with Gasteiger partial charge in [-0.1, -0.05) is 19.1 Å². The van der Waals surface area contributed by atoms with E-state index in [0.29, 0.717) is 5.69 Å². The Hall–Kier alpha value is -2.18. The van der Waals surface area contributed by atoms with Gasteiger partial charge in [-0.3, -0.25) is 4.68 Å². The van der Waals surface area contributed by atoms with Gasteiger partial charge in [-0.05, 0) is 12.8 Å². The Morgan fingerprint density at radius 2 is 2.11 bits per heavy atom. The number of carboxylic acid groups (broad SMARTS) is 1. The Bertz CT molecular complexity index is 583. The summed E-state index contributed by atoms with van der Waals surface area (Å²) in [6.45, 7) is 4.09. The Labute approximate surface area is 110 Å². The number of aromatic carboxylic acids is 1. The number of hydrogen-bond acceptors (Lipinski definition) is 4. The van der Waals surface area contributed by atoms with Gasteiger partial charge < -0.3 is 5.11 Å². The quantitative estimate of drug-likeness (QED) is 0.888. The van der Waals surface area contributed by atoms with Crippen LogP contribution in [0.4, 0.5) is 0 Å². The average Bonchev–Trinajstić information content (AvgIpc) is 2.97. The van der Waals surface area contributed by atoms with Crippen molar-refractivity contribution >= 4 is 5.97 Å². The topological polar surface area (TPSA) is 85.8 Å². The molecule has 0 bridgehead atoms.